The summed E-state index contributed by atoms with van der Waals surface area (Å²) in [5, 5.41) is 3.57. The highest BCUT2D eigenvalue weighted by Gasteiger charge is 2.28. The highest BCUT2D eigenvalue weighted by molar-refractivity contribution is 6.04. The molecule has 2 aromatic carbocycles. The van der Waals surface area contributed by atoms with Crippen molar-refractivity contribution in [1.29, 1.82) is 0 Å². The van der Waals surface area contributed by atoms with Crippen LogP contribution in [0.5, 0.6) is 0 Å². The van der Waals surface area contributed by atoms with Crippen LogP contribution in [-0.4, -0.2) is 23.0 Å². The molecule has 0 radical (unpaired) electrons. The van der Waals surface area contributed by atoms with E-state index < -0.39 is 12.1 Å². The third kappa shape index (κ3) is 4.45. The summed E-state index contributed by atoms with van der Waals surface area (Å²) in [6.07, 6.45) is 1.30. The van der Waals surface area contributed by atoms with E-state index in [1.54, 1.807) is 6.92 Å². The van der Waals surface area contributed by atoms with Crippen molar-refractivity contribution in [3.8, 4) is 0 Å². The summed E-state index contributed by atoms with van der Waals surface area (Å²) in [4.78, 5) is 29.9. The standard InChI is InChI=1S/C24H24N2O3/c1-15-7-9-17(10-8-15)14-25-23(27)16(2)29-24(28)20-13-22(18-11-12-18)26-21-6-4-3-5-19(20)21/h3-10,13,16,18H,11-12,14H2,1-2H3,(H,25,27)/t16-/m0/s1. The molecule has 1 N–H and O–H groups in total. The second-order valence-electron chi connectivity index (χ2n) is 7.64. The molecule has 1 heterocycles. The third-order valence-electron chi connectivity index (χ3n) is 5.19. The van der Waals surface area contributed by atoms with Crippen molar-refractivity contribution in [2.45, 2.75) is 45.3 Å². The number of fused-ring (bicyclic) bond motifs is 1. The number of aryl methyl sites for hydroxylation is 1. The van der Waals surface area contributed by atoms with Gasteiger partial charge in [0.2, 0.25) is 0 Å². The molecular weight excluding hydrogens is 364 g/mol. The Morgan fingerprint density at radius 1 is 1.14 bits per heavy atom. The number of para-hydroxylation sites is 1. The average Bonchev–Trinajstić information content (AvgIpc) is 3.57. The van der Waals surface area contributed by atoms with Crippen molar-refractivity contribution in [3.63, 3.8) is 0 Å². The zero-order chi connectivity index (χ0) is 20.4. The van der Waals surface area contributed by atoms with Crippen LogP contribution in [0.2, 0.25) is 0 Å². The second kappa shape index (κ2) is 8.03. The maximum Gasteiger partial charge on any atom is 0.339 e. The van der Waals surface area contributed by atoms with E-state index in [1.807, 2.05) is 61.5 Å². The first-order chi connectivity index (χ1) is 14.0. The van der Waals surface area contributed by atoms with Crippen LogP contribution >= 0.6 is 0 Å². The number of aromatic nitrogens is 1. The Bertz CT molecular complexity index is 1060. The van der Waals surface area contributed by atoms with E-state index in [1.165, 1.54) is 0 Å². The highest BCUT2D eigenvalue weighted by atomic mass is 16.5. The van der Waals surface area contributed by atoms with Gasteiger partial charge in [0, 0.05) is 23.5 Å². The molecule has 1 amide bonds. The number of rotatable bonds is 6. The van der Waals surface area contributed by atoms with Crippen molar-refractivity contribution in [3.05, 3.63) is 77.0 Å². The molecule has 1 aliphatic rings. The number of pyridine rings is 1. The van der Waals surface area contributed by atoms with E-state index in [-0.39, 0.29) is 5.91 Å². The molecule has 5 nitrogen and oxygen atoms in total. The molecule has 0 bridgehead atoms. The minimum Gasteiger partial charge on any atom is -0.449 e. The summed E-state index contributed by atoms with van der Waals surface area (Å²) < 4.78 is 5.49. The molecule has 1 fully saturated rings. The van der Waals surface area contributed by atoms with Crippen LogP contribution < -0.4 is 5.32 Å². The summed E-state index contributed by atoms with van der Waals surface area (Å²) in [6.45, 7) is 4.00. The smallest absolute Gasteiger partial charge is 0.339 e. The van der Waals surface area contributed by atoms with Crippen LogP contribution in [0.4, 0.5) is 0 Å². The lowest BCUT2D eigenvalue weighted by molar-refractivity contribution is -0.129. The van der Waals surface area contributed by atoms with E-state index >= 15 is 0 Å². The SMILES string of the molecule is Cc1ccc(CNC(=O)[C@H](C)OC(=O)c2cc(C3CC3)nc3ccccc23)cc1. The fraction of sp³-hybridized carbons (Fsp3) is 0.292. The van der Waals surface area contributed by atoms with Gasteiger partial charge in [-0.15, -0.1) is 0 Å². The molecule has 0 saturated heterocycles. The number of ether oxygens (including phenoxy) is 1. The van der Waals surface area contributed by atoms with Crippen LogP contribution in [0.1, 0.15) is 52.9 Å². The molecule has 1 saturated carbocycles. The lowest BCUT2D eigenvalue weighted by Crippen LogP contribution is -2.35. The van der Waals surface area contributed by atoms with Gasteiger partial charge in [-0.1, -0.05) is 48.0 Å². The molecule has 3 aromatic rings. The molecule has 1 atom stereocenters. The van der Waals surface area contributed by atoms with E-state index in [4.69, 9.17) is 4.74 Å². The van der Waals surface area contributed by atoms with Gasteiger partial charge in [-0.25, -0.2) is 4.79 Å². The third-order valence-corrected chi connectivity index (χ3v) is 5.19. The number of hydrogen-bond donors (Lipinski definition) is 1. The molecule has 0 unspecified atom stereocenters. The number of nitrogens with zero attached hydrogens (tertiary/aromatic N) is 1. The van der Waals surface area contributed by atoms with E-state index in [0.29, 0.717) is 18.0 Å². The van der Waals surface area contributed by atoms with E-state index in [9.17, 15) is 9.59 Å². The quantitative estimate of drug-likeness (QED) is 0.640. The lowest BCUT2D eigenvalue weighted by atomic mass is 10.1. The Morgan fingerprint density at radius 2 is 1.86 bits per heavy atom. The Labute approximate surface area is 170 Å². The van der Waals surface area contributed by atoms with Crippen molar-refractivity contribution < 1.29 is 14.3 Å². The van der Waals surface area contributed by atoms with Crippen molar-refractivity contribution in [2.24, 2.45) is 0 Å². The molecule has 148 valence electrons. The molecule has 1 aromatic heterocycles. The monoisotopic (exact) mass is 388 g/mol. The Hall–Kier alpha value is -3.21. The van der Waals surface area contributed by atoms with Crippen molar-refractivity contribution in [2.75, 3.05) is 0 Å². The van der Waals surface area contributed by atoms with Gasteiger partial charge in [0.15, 0.2) is 6.10 Å². The first-order valence-corrected chi connectivity index (χ1v) is 9.95. The van der Waals surface area contributed by atoms with Crippen LogP contribution in [-0.2, 0) is 16.1 Å². The Morgan fingerprint density at radius 3 is 2.59 bits per heavy atom. The number of esters is 1. The first kappa shape index (κ1) is 19.1. The minimum atomic E-state index is -0.885. The minimum absolute atomic E-state index is 0.320. The predicted molar refractivity (Wildman–Crippen MR) is 112 cm³/mol. The normalized spacial score (nSPS) is 14.4. The van der Waals surface area contributed by atoms with Gasteiger partial charge in [0.05, 0.1) is 11.1 Å². The number of amides is 1. The van der Waals surface area contributed by atoms with Gasteiger partial charge >= 0.3 is 5.97 Å². The average molecular weight is 388 g/mol. The van der Waals surface area contributed by atoms with Crippen LogP contribution in [0.25, 0.3) is 10.9 Å². The van der Waals surface area contributed by atoms with Gasteiger partial charge in [0.1, 0.15) is 0 Å². The fourth-order valence-corrected chi connectivity index (χ4v) is 3.27. The number of nitrogens with one attached hydrogen (secondary N) is 1. The van der Waals surface area contributed by atoms with Gasteiger partial charge in [-0.05, 0) is 44.4 Å². The molecule has 29 heavy (non-hydrogen) atoms. The van der Waals surface area contributed by atoms with Gasteiger partial charge in [-0.2, -0.15) is 0 Å². The van der Waals surface area contributed by atoms with Crippen molar-refractivity contribution in [1.82, 2.24) is 10.3 Å². The number of carbonyl (C=O) groups is 2. The molecule has 4 rings (SSSR count). The van der Waals surface area contributed by atoms with Gasteiger partial charge < -0.3 is 10.1 Å². The molecule has 5 heteroatoms. The maximum atomic E-state index is 12.9. The summed E-state index contributed by atoms with van der Waals surface area (Å²) in [6, 6.07) is 17.3. The predicted octanol–water partition coefficient (Wildman–Crippen LogP) is 4.28. The Balaban J connectivity index is 1.45. The molecule has 0 aliphatic heterocycles. The maximum absolute atomic E-state index is 12.9. The van der Waals surface area contributed by atoms with Gasteiger partial charge in [-0.3, -0.25) is 9.78 Å². The molecule has 0 spiro atoms. The molecule has 1 aliphatic carbocycles. The number of carbonyl (C=O) groups excluding carboxylic acids is 2. The van der Waals surface area contributed by atoms with E-state index in [0.717, 1.165) is 40.6 Å². The van der Waals surface area contributed by atoms with E-state index in [2.05, 4.69) is 10.3 Å². The van der Waals surface area contributed by atoms with Crippen molar-refractivity contribution >= 4 is 22.8 Å². The highest BCUT2D eigenvalue weighted by Crippen LogP contribution is 2.40. The van der Waals surface area contributed by atoms with Crippen LogP contribution in [0, 0.1) is 6.92 Å². The summed E-state index contributed by atoms with van der Waals surface area (Å²) in [5.74, 6) is -0.399. The largest absolute Gasteiger partial charge is 0.449 e. The Kier molecular flexibility index (Phi) is 5.30. The zero-order valence-corrected chi connectivity index (χ0v) is 16.6. The summed E-state index contributed by atoms with van der Waals surface area (Å²) >= 11 is 0. The first-order valence-electron chi connectivity index (χ1n) is 9.95. The molecular formula is C24H24N2O3. The van der Waals surface area contributed by atoms with Gasteiger partial charge in [0.25, 0.3) is 5.91 Å². The summed E-state index contributed by atoms with van der Waals surface area (Å²) in [7, 11) is 0. The van der Waals surface area contributed by atoms with Crippen LogP contribution in [0.15, 0.2) is 54.6 Å². The lowest BCUT2D eigenvalue weighted by Gasteiger charge is -2.15. The summed E-state index contributed by atoms with van der Waals surface area (Å²) in [5.41, 5.74) is 4.33. The van der Waals surface area contributed by atoms with Crippen LogP contribution in [0.3, 0.4) is 0 Å². The second-order valence-corrected chi connectivity index (χ2v) is 7.64. The number of hydrogen-bond acceptors (Lipinski definition) is 4. The fourth-order valence-electron chi connectivity index (χ4n) is 3.27. The topological polar surface area (TPSA) is 68.3 Å². The zero-order valence-electron chi connectivity index (χ0n) is 16.6. The number of benzene rings is 2.